The summed E-state index contributed by atoms with van der Waals surface area (Å²) in [7, 11) is 0. The standard InChI is InChI=1S/C20H36N2O2/c1-3-20(4-2)16-18(24-19(20)23)10-11-21-12-14-22(15-13-21)17-8-6-5-7-9-17/h17-18H,3-16H2,1-2H3. The van der Waals surface area contributed by atoms with Crippen LogP contribution in [-0.2, 0) is 9.53 Å². The molecule has 4 heteroatoms. The average molecular weight is 337 g/mol. The number of ether oxygens (including phenoxy) is 1. The molecular weight excluding hydrogens is 300 g/mol. The van der Waals surface area contributed by atoms with E-state index in [-0.39, 0.29) is 17.5 Å². The smallest absolute Gasteiger partial charge is 0.312 e. The van der Waals surface area contributed by atoms with E-state index in [1.807, 2.05) is 0 Å². The summed E-state index contributed by atoms with van der Waals surface area (Å²) in [5.74, 6) is 0.0552. The van der Waals surface area contributed by atoms with Crippen LogP contribution in [0.1, 0.15) is 71.6 Å². The first kappa shape index (κ1) is 18.2. The molecule has 3 aliphatic rings. The summed E-state index contributed by atoms with van der Waals surface area (Å²) in [4.78, 5) is 17.5. The maximum Gasteiger partial charge on any atom is 0.312 e. The molecule has 0 aromatic carbocycles. The molecule has 0 radical (unpaired) electrons. The lowest BCUT2D eigenvalue weighted by Crippen LogP contribution is -2.51. The molecule has 0 bridgehead atoms. The predicted octanol–water partition coefficient (Wildman–Crippen LogP) is 3.45. The van der Waals surface area contributed by atoms with E-state index in [0.717, 1.165) is 38.3 Å². The molecule has 3 fully saturated rings. The first-order valence-corrected chi connectivity index (χ1v) is 10.3. The Balaban J connectivity index is 1.39. The van der Waals surface area contributed by atoms with Crippen LogP contribution in [-0.4, -0.2) is 60.6 Å². The predicted molar refractivity (Wildman–Crippen MR) is 97.0 cm³/mol. The van der Waals surface area contributed by atoms with Gasteiger partial charge in [0.25, 0.3) is 0 Å². The molecule has 138 valence electrons. The molecule has 1 atom stereocenters. The van der Waals surface area contributed by atoms with Crippen molar-refractivity contribution in [1.29, 1.82) is 0 Å². The molecule has 0 aromatic heterocycles. The van der Waals surface area contributed by atoms with E-state index in [0.29, 0.717) is 0 Å². The fourth-order valence-electron chi connectivity index (χ4n) is 4.95. The SMILES string of the molecule is CCC1(CC)CC(CCN2CCN(C3CCCCC3)CC2)OC1=O. The number of carbonyl (C=O) groups is 1. The highest BCUT2D eigenvalue weighted by atomic mass is 16.6. The van der Waals surface area contributed by atoms with Crippen molar-refractivity contribution in [3.05, 3.63) is 0 Å². The van der Waals surface area contributed by atoms with Crippen LogP contribution in [0.5, 0.6) is 0 Å². The zero-order chi connectivity index (χ0) is 17.0. The second-order valence-electron chi connectivity index (χ2n) is 8.18. The molecular formula is C20H36N2O2. The molecule has 0 amide bonds. The van der Waals surface area contributed by atoms with Gasteiger partial charge in [-0.25, -0.2) is 0 Å². The van der Waals surface area contributed by atoms with Gasteiger partial charge in [-0.3, -0.25) is 9.69 Å². The molecule has 1 aliphatic carbocycles. The fraction of sp³-hybridized carbons (Fsp3) is 0.950. The number of esters is 1. The summed E-state index contributed by atoms with van der Waals surface area (Å²) < 4.78 is 5.69. The van der Waals surface area contributed by atoms with Crippen LogP contribution >= 0.6 is 0 Å². The molecule has 2 saturated heterocycles. The Morgan fingerprint density at radius 2 is 1.71 bits per heavy atom. The van der Waals surface area contributed by atoms with Gasteiger partial charge >= 0.3 is 5.97 Å². The third kappa shape index (κ3) is 3.96. The number of rotatable bonds is 6. The second-order valence-corrected chi connectivity index (χ2v) is 8.18. The van der Waals surface area contributed by atoms with Gasteiger partial charge in [0.1, 0.15) is 6.10 Å². The summed E-state index contributed by atoms with van der Waals surface area (Å²) in [5, 5.41) is 0. The molecule has 1 unspecified atom stereocenters. The highest BCUT2D eigenvalue weighted by Gasteiger charge is 2.46. The van der Waals surface area contributed by atoms with E-state index in [1.54, 1.807) is 0 Å². The minimum Gasteiger partial charge on any atom is -0.462 e. The van der Waals surface area contributed by atoms with E-state index in [4.69, 9.17) is 4.74 Å². The molecule has 3 rings (SSSR count). The van der Waals surface area contributed by atoms with E-state index in [9.17, 15) is 4.79 Å². The summed E-state index contributed by atoms with van der Waals surface area (Å²) >= 11 is 0. The van der Waals surface area contributed by atoms with Crippen molar-refractivity contribution in [3.63, 3.8) is 0 Å². The summed E-state index contributed by atoms with van der Waals surface area (Å²) in [6, 6.07) is 0.853. The second kappa shape index (κ2) is 8.18. The van der Waals surface area contributed by atoms with Crippen molar-refractivity contribution in [2.75, 3.05) is 32.7 Å². The Hall–Kier alpha value is -0.610. The molecule has 4 nitrogen and oxygen atoms in total. The van der Waals surface area contributed by atoms with Crippen LogP contribution in [0.4, 0.5) is 0 Å². The minimum atomic E-state index is -0.190. The Labute approximate surface area is 147 Å². The van der Waals surface area contributed by atoms with Gasteiger partial charge in [0.15, 0.2) is 0 Å². The molecule has 1 saturated carbocycles. The quantitative estimate of drug-likeness (QED) is 0.696. The minimum absolute atomic E-state index is 0.0552. The van der Waals surface area contributed by atoms with Crippen molar-refractivity contribution >= 4 is 5.97 Å². The van der Waals surface area contributed by atoms with E-state index in [1.165, 1.54) is 58.3 Å². The fourth-order valence-corrected chi connectivity index (χ4v) is 4.95. The number of piperazine rings is 1. The lowest BCUT2D eigenvalue weighted by molar-refractivity contribution is -0.149. The van der Waals surface area contributed by atoms with Gasteiger partial charge < -0.3 is 9.64 Å². The first-order valence-electron chi connectivity index (χ1n) is 10.3. The number of hydrogen-bond donors (Lipinski definition) is 0. The van der Waals surface area contributed by atoms with E-state index in [2.05, 4.69) is 23.6 Å². The van der Waals surface area contributed by atoms with Crippen LogP contribution < -0.4 is 0 Å². The van der Waals surface area contributed by atoms with Crippen LogP contribution in [0.15, 0.2) is 0 Å². The molecule has 0 aromatic rings. The van der Waals surface area contributed by atoms with Crippen molar-refractivity contribution in [2.24, 2.45) is 5.41 Å². The first-order chi connectivity index (χ1) is 11.7. The Kier molecular flexibility index (Phi) is 6.20. The van der Waals surface area contributed by atoms with Gasteiger partial charge in [0, 0.05) is 45.2 Å². The molecule has 2 aliphatic heterocycles. The molecule has 2 heterocycles. The summed E-state index contributed by atoms with van der Waals surface area (Å²) in [6.07, 6.45) is 11.0. The number of nitrogens with zero attached hydrogens (tertiary/aromatic N) is 2. The molecule has 24 heavy (non-hydrogen) atoms. The molecule has 0 spiro atoms. The van der Waals surface area contributed by atoms with Crippen LogP contribution in [0.3, 0.4) is 0 Å². The Bertz CT molecular complexity index is 408. The van der Waals surface area contributed by atoms with Crippen molar-refractivity contribution < 1.29 is 9.53 Å². The number of carbonyl (C=O) groups excluding carboxylic acids is 1. The maximum atomic E-state index is 12.2. The number of hydrogen-bond acceptors (Lipinski definition) is 4. The van der Waals surface area contributed by atoms with E-state index >= 15 is 0 Å². The molecule has 0 N–H and O–H groups in total. The van der Waals surface area contributed by atoms with Crippen LogP contribution in [0.25, 0.3) is 0 Å². The van der Waals surface area contributed by atoms with Gasteiger partial charge in [-0.1, -0.05) is 33.1 Å². The van der Waals surface area contributed by atoms with Gasteiger partial charge in [-0.2, -0.15) is 0 Å². The summed E-state index contributed by atoms with van der Waals surface area (Å²) in [6.45, 7) is 10.1. The van der Waals surface area contributed by atoms with E-state index < -0.39 is 0 Å². The van der Waals surface area contributed by atoms with Crippen LogP contribution in [0.2, 0.25) is 0 Å². The third-order valence-electron chi connectivity index (χ3n) is 6.94. The Morgan fingerprint density at radius 3 is 2.29 bits per heavy atom. The van der Waals surface area contributed by atoms with Gasteiger partial charge in [0.05, 0.1) is 5.41 Å². The zero-order valence-electron chi connectivity index (χ0n) is 15.8. The lowest BCUT2D eigenvalue weighted by Gasteiger charge is -2.41. The van der Waals surface area contributed by atoms with Crippen molar-refractivity contribution in [3.8, 4) is 0 Å². The number of cyclic esters (lactones) is 1. The average Bonchev–Trinajstić information content (AvgIpc) is 2.97. The van der Waals surface area contributed by atoms with Crippen molar-refractivity contribution in [2.45, 2.75) is 83.8 Å². The van der Waals surface area contributed by atoms with Gasteiger partial charge in [-0.15, -0.1) is 0 Å². The normalized spacial score (nSPS) is 29.8. The maximum absolute atomic E-state index is 12.2. The largest absolute Gasteiger partial charge is 0.462 e. The monoisotopic (exact) mass is 336 g/mol. The lowest BCUT2D eigenvalue weighted by atomic mass is 9.79. The van der Waals surface area contributed by atoms with Gasteiger partial charge in [0.2, 0.25) is 0 Å². The van der Waals surface area contributed by atoms with Crippen LogP contribution in [0, 0.1) is 5.41 Å². The zero-order valence-corrected chi connectivity index (χ0v) is 15.8. The van der Waals surface area contributed by atoms with Gasteiger partial charge in [-0.05, 0) is 32.1 Å². The Morgan fingerprint density at radius 1 is 1.04 bits per heavy atom. The van der Waals surface area contributed by atoms with Crippen molar-refractivity contribution in [1.82, 2.24) is 9.80 Å². The highest BCUT2D eigenvalue weighted by Crippen LogP contribution is 2.41. The third-order valence-corrected chi connectivity index (χ3v) is 6.94. The summed E-state index contributed by atoms with van der Waals surface area (Å²) in [5.41, 5.74) is -0.190. The topological polar surface area (TPSA) is 32.8 Å². The highest BCUT2D eigenvalue weighted by molar-refractivity contribution is 5.78.